The van der Waals surface area contributed by atoms with E-state index < -0.39 is 34.2 Å². The molecule has 0 radical (unpaired) electrons. The van der Waals surface area contributed by atoms with Crippen LogP contribution in [0.25, 0.3) is 0 Å². The Hall–Kier alpha value is -4.12. The van der Waals surface area contributed by atoms with Gasteiger partial charge in [0.25, 0.3) is 0 Å². The van der Waals surface area contributed by atoms with Crippen molar-refractivity contribution < 1.29 is 38.1 Å². The van der Waals surface area contributed by atoms with Gasteiger partial charge in [-0.15, -0.1) is 0 Å². The minimum absolute atomic E-state index is 0.0473. The minimum Gasteiger partial charge on any atom is -0.460 e. The van der Waals surface area contributed by atoms with E-state index in [9.17, 15) is 19.2 Å². The number of ether oxygens (including phenoxy) is 4. The van der Waals surface area contributed by atoms with E-state index in [0.717, 1.165) is 22.3 Å². The van der Waals surface area contributed by atoms with E-state index in [2.05, 4.69) is 29.6 Å². The number of carbonyl (C=O) groups excluding carboxylic acids is 4. The average Bonchev–Trinajstić information content (AvgIpc) is 3.75. The number of nitrogens with zero attached hydrogens (tertiary/aromatic N) is 2. The largest absolute Gasteiger partial charge is 0.460 e. The van der Waals surface area contributed by atoms with Crippen molar-refractivity contribution in [2.24, 2.45) is 23.7 Å². The summed E-state index contributed by atoms with van der Waals surface area (Å²) in [7, 11) is 0. The monoisotopic (exact) mass is 792 g/mol. The molecule has 1 unspecified atom stereocenters. The van der Waals surface area contributed by atoms with Crippen molar-refractivity contribution in [3.8, 4) is 0 Å². The summed E-state index contributed by atoms with van der Waals surface area (Å²) in [5.74, 6) is -1.40. The van der Waals surface area contributed by atoms with E-state index in [-0.39, 0.29) is 36.0 Å². The molecule has 4 atom stereocenters. The van der Waals surface area contributed by atoms with E-state index in [0.29, 0.717) is 65.0 Å². The van der Waals surface area contributed by atoms with Crippen LogP contribution in [0.1, 0.15) is 118 Å². The van der Waals surface area contributed by atoms with E-state index in [1.807, 2.05) is 107 Å². The van der Waals surface area contributed by atoms with E-state index in [1.165, 1.54) is 0 Å². The van der Waals surface area contributed by atoms with Gasteiger partial charge in [-0.05, 0) is 143 Å². The molecule has 57 heavy (non-hydrogen) atoms. The number of amides is 2. The number of rotatable bonds is 12. The molecule has 11 nitrogen and oxygen atoms in total. The van der Waals surface area contributed by atoms with Crippen LogP contribution in [-0.2, 0) is 54.5 Å². The molecule has 2 aliphatic heterocycles. The van der Waals surface area contributed by atoms with Gasteiger partial charge in [0.05, 0.1) is 11.8 Å². The number of esters is 2. The Morgan fingerprint density at radius 2 is 0.895 bits per heavy atom. The third kappa shape index (κ3) is 15.3. The molecule has 2 aromatic carbocycles. The van der Waals surface area contributed by atoms with Crippen LogP contribution >= 0.6 is 0 Å². The van der Waals surface area contributed by atoms with Crippen LogP contribution in [-0.4, -0.2) is 82.5 Å². The van der Waals surface area contributed by atoms with Crippen LogP contribution in [0.5, 0.6) is 0 Å². The van der Waals surface area contributed by atoms with Crippen molar-refractivity contribution in [3.63, 3.8) is 0 Å². The maximum absolute atomic E-state index is 13.6. The topological polar surface area (TPSA) is 124 Å². The molecule has 0 bridgehead atoms. The SMILES string of the molecule is CC(C)(C)OC(=O)C(Cc1cccc(CNCc2cccc(C[C@H](C(=O)OC(C)(C)C)[C@H]3CCN(C(=O)OC(C)(C)C)C3)c2)c1)[C@H]1CCN(C(=O)OC(C)(C)C)C1. The summed E-state index contributed by atoms with van der Waals surface area (Å²) in [6, 6.07) is 16.5. The highest BCUT2D eigenvalue weighted by molar-refractivity contribution is 5.75. The average molecular weight is 792 g/mol. The molecule has 2 heterocycles. The zero-order chi connectivity index (χ0) is 42.3. The van der Waals surface area contributed by atoms with Gasteiger partial charge in [-0.25, -0.2) is 9.59 Å². The molecular formula is C46H69N3O8. The van der Waals surface area contributed by atoms with Crippen LogP contribution < -0.4 is 5.32 Å². The van der Waals surface area contributed by atoms with Gasteiger partial charge in [-0.3, -0.25) is 9.59 Å². The third-order valence-corrected chi connectivity index (χ3v) is 9.86. The van der Waals surface area contributed by atoms with E-state index in [4.69, 9.17) is 18.9 Å². The maximum Gasteiger partial charge on any atom is 0.410 e. The number of nitrogens with one attached hydrogen (secondary N) is 1. The first-order valence-electron chi connectivity index (χ1n) is 20.6. The summed E-state index contributed by atoms with van der Waals surface area (Å²) in [6.07, 6.45) is 1.71. The van der Waals surface area contributed by atoms with Gasteiger partial charge in [0.1, 0.15) is 22.4 Å². The second kappa shape index (κ2) is 18.6. The Kier molecular flexibility index (Phi) is 14.9. The van der Waals surface area contributed by atoms with Gasteiger partial charge in [0.2, 0.25) is 0 Å². The van der Waals surface area contributed by atoms with Gasteiger partial charge in [0, 0.05) is 39.3 Å². The van der Waals surface area contributed by atoms with Gasteiger partial charge < -0.3 is 34.1 Å². The Morgan fingerprint density at radius 3 is 1.23 bits per heavy atom. The second-order valence-corrected chi connectivity index (χ2v) is 19.9. The minimum atomic E-state index is -0.627. The van der Waals surface area contributed by atoms with Gasteiger partial charge >= 0.3 is 24.1 Å². The second-order valence-electron chi connectivity index (χ2n) is 19.9. The Labute approximate surface area is 341 Å². The number of hydrogen-bond acceptors (Lipinski definition) is 9. The first kappa shape index (κ1) is 45.6. The lowest BCUT2D eigenvalue weighted by Crippen LogP contribution is -2.38. The predicted octanol–water partition coefficient (Wildman–Crippen LogP) is 8.49. The molecule has 0 spiro atoms. The molecule has 0 aliphatic carbocycles. The number of carbonyl (C=O) groups is 4. The highest BCUT2D eigenvalue weighted by Crippen LogP contribution is 2.33. The Bertz CT molecular complexity index is 1570. The van der Waals surface area contributed by atoms with Gasteiger partial charge in [-0.1, -0.05) is 48.5 Å². The predicted molar refractivity (Wildman–Crippen MR) is 221 cm³/mol. The first-order chi connectivity index (χ1) is 26.3. The molecule has 316 valence electrons. The number of likely N-dealkylation sites (tertiary alicyclic amines) is 2. The summed E-state index contributed by atoms with van der Waals surface area (Å²) in [6.45, 7) is 25.6. The number of hydrogen-bond donors (Lipinski definition) is 1. The van der Waals surface area contributed by atoms with Gasteiger partial charge in [0.15, 0.2) is 0 Å². The van der Waals surface area contributed by atoms with Crippen molar-refractivity contribution in [2.75, 3.05) is 26.2 Å². The smallest absolute Gasteiger partial charge is 0.410 e. The lowest BCUT2D eigenvalue weighted by molar-refractivity contribution is -0.163. The molecular weight excluding hydrogens is 723 g/mol. The summed E-state index contributed by atoms with van der Waals surface area (Å²) in [4.78, 5) is 56.3. The summed E-state index contributed by atoms with van der Waals surface area (Å²) in [5.41, 5.74) is 1.82. The highest BCUT2D eigenvalue weighted by Gasteiger charge is 2.40. The molecule has 2 amide bonds. The molecule has 2 aromatic rings. The zero-order valence-electron chi connectivity index (χ0n) is 36.7. The lowest BCUT2D eigenvalue weighted by Gasteiger charge is -2.28. The number of benzene rings is 2. The molecule has 2 aliphatic rings. The lowest BCUT2D eigenvalue weighted by atomic mass is 9.85. The van der Waals surface area contributed by atoms with Crippen molar-refractivity contribution in [1.82, 2.24) is 15.1 Å². The molecule has 2 fully saturated rings. The standard InChI is InChI=1S/C46H69N3O8/c1-43(2,3)54-39(50)37(35-19-21-48(29-35)41(52)56-45(7,8)9)25-31-15-13-17-33(23-31)27-47-28-34-18-14-16-32(24-34)26-38(40(51)55-44(4,5)6)36-20-22-49(30-36)42(53)57-46(10,11)12/h13-18,23-24,35-38,47H,19-22,25-30H2,1-12H3/t35-,36-,37-,38?/m0/s1. The Balaban J connectivity index is 1.40. The van der Waals surface area contributed by atoms with E-state index in [1.54, 1.807) is 9.80 Å². The van der Waals surface area contributed by atoms with Crippen LogP contribution in [0.4, 0.5) is 9.59 Å². The van der Waals surface area contributed by atoms with E-state index >= 15 is 0 Å². The first-order valence-corrected chi connectivity index (χ1v) is 20.6. The fourth-order valence-electron chi connectivity index (χ4n) is 7.45. The highest BCUT2D eigenvalue weighted by atomic mass is 16.6. The summed E-state index contributed by atoms with van der Waals surface area (Å²) >= 11 is 0. The van der Waals surface area contributed by atoms with Crippen LogP contribution in [0.2, 0.25) is 0 Å². The third-order valence-electron chi connectivity index (χ3n) is 9.86. The fourth-order valence-corrected chi connectivity index (χ4v) is 7.45. The molecule has 1 N–H and O–H groups in total. The van der Waals surface area contributed by atoms with Crippen LogP contribution in [0.3, 0.4) is 0 Å². The molecule has 4 rings (SSSR count). The van der Waals surface area contributed by atoms with Crippen molar-refractivity contribution in [3.05, 3.63) is 70.8 Å². The molecule has 2 saturated heterocycles. The normalized spacial score (nSPS) is 18.9. The fraction of sp³-hybridized carbons (Fsp3) is 0.652. The summed E-state index contributed by atoms with van der Waals surface area (Å²) in [5, 5.41) is 3.57. The van der Waals surface area contributed by atoms with Crippen LogP contribution in [0, 0.1) is 23.7 Å². The molecule has 11 heteroatoms. The molecule has 0 saturated carbocycles. The van der Waals surface area contributed by atoms with Crippen molar-refractivity contribution in [2.45, 2.75) is 144 Å². The Morgan fingerprint density at radius 1 is 0.561 bits per heavy atom. The maximum atomic E-state index is 13.6. The van der Waals surface area contributed by atoms with Crippen molar-refractivity contribution >= 4 is 24.1 Å². The molecule has 0 aromatic heterocycles. The zero-order valence-corrected chi connectivity index (χ0v) is 36.7. The van der Waals surface area contributed by atoms with Crippen molar-refractivity contribution in [1.29, 1.82) is 0 Å². The quantitative estimate of drug-likeness (QED) is 0.167. The van der Waals surface area contributed by atoms with Gasteiger partial charge in [-0.2, -0.15) is 0 Å². The summed E-state index contributed by atoms with van der Waals surface area (Å²) < 4.78 is 23.0. The van der Waals surface area contributed by atoms with Crippen LogP contribution in [0.15, 0.2) is 48.5 Å².